The highest BCUT2D eigenvalue weighted by atomic mass is 16.5. The first-order chi connectivity index (χ1) is 12.3. The number of fused-ring (bicyclic) bond motifs is 1. The maximum Gasteiger partial charge on any atom is 0.217 e. The van der Waals surface area contributed by atoms with E-state index in [1.54, 1.807) is 6.92 Å². The minimum atomic E-state index is -0.228. The van der Waals surface area contributed by atoms with Crippen molar-refractivity contribution in [3.63, 3.8) is 0 Å². The quantitative estimate of drug-likeness (QED) is 0.852. The van der Waals surface area contributed by atoms with Crippen molar-refractivity contribution >= 4 is 5.91 Å². The predicted molar refractivity (Wildman–Crippen MR) is 103 cm³/mol. The van der Waals surface area contributed by atoms with Crippen LogP contribution in [0.5, 0.6) is 5.75 Å². The minimum absolute atomic E-state index is 0.0193. The van der Waals surface area contributed by atoms with Crippen LogP contribution in [-0.2, 0) is 9.53 Å². The molecule has 1 saturated heterocycles. The van der Waals surface area contributed by atoms with Crippen LogP contribution in [0.15, 0.2) is 24.3 Å². The fourth-order valence-corrected chi connectivity index (χ4v) is 4.81. The number of carbonyl (C=O) groups is 1. The minimum Gasteiger partial charge on any atom is -0.491 e. The molecule has 1 heterocycles. The van der Waals surface area contributed by atoms with Crippen LogP contribution in [0.1, 0.15) is 72.0 Å². The standard InChI is InChI=1S/C22H33NO3/c1-14(2)25-18-8-6-7-17(12-18)21-13-22(5,23-16(4)24)19-10-9-15(3)11-20(19)26-21/h6-8,12,14-15,19-21H,9-11,13H2,1-5H3,(H,23,24)/t15-,19-,20-,21-,22-/m1/s1. The molecule has 26 heavy (non-hydrogen) atoms. The van der Waals surface area contributed by atoms with Crippen LogP contribution in [-0.4, -0.2) is 23.7 Å². The number of ether oxygens (including phenoxy) is 2. The predicted octanol–water partition coefficient (Wildman–Crippen LogP) is 4.63. The van der Waals surface area contributed by atoms with Crippen LogP contribution in [0.4, 0.5) is 0 Å². The third-order valence-corrected chi connectivity index (χ3v) is 5.88. The summed E-state index contributed by atoms with van der Waals surface area (Å²) in [5.41, 5.74) is 0.908. The number of rotatable bonds is 4. The van der Waals surface area contributed by atoms with Gasteiger partial charge in [-0.1, -0.05) is 25.5 Å². The Bertz CT molecular complexity index is 644. The molecule has 1 aliphatic carbocycles. The monoisotopic (exact) mass is 359 g/mol. The molecule has 4 heteroatoms. The highest BCUT2D eigenvalue weighted by Gasteiger charge is 2.49. The van der Waals surface area contributed by atoms with E-state index in [2.05, 4.69) is 31.3 Å². The summed E-state index contributed by atoms with van der Waals surface area (Å²) in [6.07, 6.45) is 4.52. The summed E-state index contributed by atoms with van der Waals surface area (Å²) < 4.78 is 12.4. The van der Waals surface area contributed by atoms with Gasteiger partial charge < -0.3 is 14.8 Å². The number of benzene rings is 1. The van der Waals surface area contributed by atoms with Crippen molar-refractivity contribution in [1.82, 2.24) is 5.32 Å². The summed E-state index contributed by atoms with van der Waals surface area (Å²) in [5.74, 6) is 1.98. The smallest absolute Gasteiger partial charge is 0.217 e. The van der Waals surface area contributed by atoms with E-state index >= 15 is 0 Å². The molecule has 4 nitrogen and oxygen atoms in total. The SMILES string of the molecule is CC(=O)N[C@]1(C)C[C@H](c2cccc(OC(C)C)c2)O[C@@H]2C[C@H](C)CC[C@H]21. The van der Waals surface area contributed by atoms with Crippen LogP contribution in [0.2, 0.25) is 0 Å². The molecule has 0 bridgehead atoms. The van der Waals surface area contributed by atoms with Crippen molar-refractivity contribution in [3.05, 3.63) is 29.8 Å². The topological polar surface area (TPSA) is 47.6 Å². The van der Waals surface area contributed by atoms with Gasteiger partial charge in [-0.2, -0.15) is 0 Å². The summed E-state index contributed by atoms with van der Waals surface area (Å²) >= 11 is 0. The summed E-state index contributed by atoms with van der Waals surface area (Å²) in [7, 11) is 0. The molecule has 5 atom stereocenters. The van der Waals surface area contributed by atoms with E-state index in [0.29, 0.717) is 11.8 Å². The second-order valence-corrected chi connectivity index (χ2v) is 8.73. The van der Waals surface area contributed by atoms with Crippen LogP contribution in [0, 0.1) is 11.8 Å². The van der Waals surface area contributed by atoms with Crippen LogP contribution in [0.3, 0.4) is 0 Å². The Morgan fingerprint density at radius 1 is 1.35 bits per heavy atom. The molecule has 1 aliphatic heterocycles. The van der Waals surface area contributed by atoms with E-state index < -0.39 is 0 Å². The van der Waals surface area contributed by atoms with Gasteiger partial charge in [0, 0.05) is 24.8 Å². The van der Waals surface area contributed by atoms with Gasteiger partial charge in [0.25, 0.3) is 0 Å². The lowest BCUT2D eigenvalue weighted by Gasteiger charge is -2.52. The Balaban J connectivity index is 1.87. The summed E-state index contributed by atoms with van der Waals surface area (Å²) in [5, 5.41) is 3.27. The summed E-state index contributed by atoms with van der Waals surface area (Å²) in [6, 6.07) is 8.22. The van der Waals surface area contributed by atoms with Gasteiger partial charge in [-0.05, 0) is 57.2 Å². The molecule has 0 unspecified atom stereocenters. The van der Waals surface area contributed by atoms with Gasteiger partial charge in [-0.15, -0.1) is 0 Å². The van der Waals surface area contributed by atoms with Gasteiger partial charge in [0.05, 0.1) is 18.3 Å². The molecule has 0 radical (unpaired) electrons. The van der Waals surface area contributed by atoms with E-state index in [4.69, 9.17) is 9.47 Å². The van der Waals surface area contributed by atoms with Crippen molar-refractivity contribution in [2.24, 2.45) is 11.8 Å². The highest BCUT2D eigenvalue weighted by Crippen LogP contribution is 2.48. The zero-order chi connectivity index (χ0) is 18.9. The Morgan fingerprint density at radius 3 is 2.81 bits per heavy atom. The lowest BCUT2D eigenvalue weighted by Crippen LogP contribution is -2.60. The van der Waals surface area contributed by atoms with Gasteiger partial charge in [0.15, 0.2) is 0 Å². The number of amides is 1. The number of nitrogens with one attached hydrogen (secondary N) is 1. The molecule has 0 aromatic heterocycles. The van der Waals surface area contributed by atoms with Crippen molar-refractivity contribution in [1.29, 1.82) is 0 Å². The third-order valence-electron chi connectivity index (χ3n) is 5.88. The Morgan fingerprint density at radius 2 is 2.12 bits per heavy atom. The first kappa shape index (κ1) is 19.2. The lowest BCUT2D eigenvalue weighted by molar-refractivity contribution is -0.153. The maximum atomic E-state index is 11.9. The Kier molecular flexibility index (Phi) is 5.61. The van der Waals surface area contributed by atoms with Gasteiger partial charge >= 0.3 is 0 Å². The molecular weight excluding hydrogens is 326 g/mol. The second kappa shape index (κ2) is 7.59. The molecule has 0 spiro atoms. The molecule has 1 aromatic rings. The number of hydrogen-bond donors (Lipinski definition) is 1. The van der Waals surface area contributed by atoms with Crippen molar-refractivity contribution < 1.29 is 14.3 Å². The number of hydrogen-bond acceptors (Lipinski definition) is 3. The molecule has 1 saturated carbocycles. The zero-order valence-corrected chi connectivity index (χ0v) is 16.7. The molecule has 1 amide bonds. The van der Waals surface area contributed by atoms with Gasteiger partial charge in [0.2, 0.25) is 5.91 Å². The molecule has 2 fully saturated rings. The first-order valence-corrected chi connectivity index (χ1v) is 9.97. The Labute approximate surface area is 157 Å². The van der Waals surface area contributed by atoms with E-state index in [1.165, 1.54) is 6.42 Å². The lowest BCUT2D eigenvalue weighted by atomic mass is 9.66. The fourth-order valence-electron chi connectivity index (χ4n) is 4.81. The van der Waals surface area contributed by atoms with Crippen molar-refractivity contribution in [3.8, 4) is 5.75 Å². The van der Waals surface area contributed by atoms with E-state index in [1.807, 2.05) is 26.0 Å². The molecule has 3 rings (SSSR count). The largest absolute Gasteiger partial charge is 0.491 e. The average Bonchev–Trinajstić information content (AvgIpc) is 2.53. The Hall–Kier alpha value is -1.55. The third kappa shape index (κ3) is 4.22. The van der Waals surface area contributed by atoms with Crippen LogP contribution < -0.4 is 10.1 Å². The molecule has 1 N–H and O–H groups in total. The van der Waals surface area contributed by atoms with Gasteiger partial charge in [-0.25, -0.2) is 0 Å². The summed E-state index contributed by atoms with van der Waals surface area (Å²) in [4.78, 5) is 11.9. The highest BCUT2D eigenvalue weighted by molar-refractivity contribution is 5.73. The second-order valence-electron chi connectivity index (χ2n) is 8.73. The van der Waals surface area contributed by atoms with E-state index in [9.17, 15) is 4.79 Å². The van der Waals surface area contributed by atoms with Crippen molar-refractivity contribution in [2.45, 2.75) is 84.2 Å². The molecule has 144 valence electrons. The maximum absolute atomic E-state index is 11.9. The fraction of sp³-hybridized carbons (Fsp3) is 0.682. The zero-order valence-electron chi connectivity index (χ0n) is 16.7. The van der Waals surface area contributed by atoms with Crippen LogP contribution >= 0.6 is 0 Å². The van der Waals surface area contributed by atoms with Crippen LogP contribution in [0.25, 0.3) is 0 Å². The average molecular weight is 360 g/mol. The first-order valence-electron chi connectivity index (χ1n) is 9.97. The van der Waals surface area contributed by atoms with Gasteiger partial charge in [-0.3, -0.25) is 4.79 Å². The van der Waals surface area contributed by atoms with Gasteiger partial charge in [0.1, 0.15) is 5.75 Å². The van der Waals surface area contributed by atoms with E-state index in [-0.39, 0.29) is 29.8 Å². The van der Waals surface area contributed by atoms with E-state index in [0.717, 1.165) is 30.6 Å². The molecule has 1 aromatic carbocycles. The molecular formula is C22H33NO3. The summed E-state index contributed by atoms with van der Waals surface area (Å²) in [6.45, 7) is 10.2. The number of carbonyl (C=O) groups excluding carboxylic acids is 1. The molecule has 2 aliphatic rings. The normalized spacial score (nSPS) is 34.2. The van der Waals surface area contributed by atoms with Crippen molar-refractivity contribution in [2.75, 3.05) is 0 Å².